The lowest BCUT2D eigenvalue weighted by Gasteiger charge is -2.34. The van der Waals surface area contributed by atoms with Crippen molar-refractivity contribution in [1.82, 2.24) is 4.90 Å². The molecule has 0 bridgehead atoms. The van der Waals surface area contributed by atoms with Crippen molar-refractivity contribution in [3.8, 4) is 0 Å². The molecule has 1 unspecified atom stereocenters. The first-order valence-electron chi connectivity index (χ1n) is 7.03. The largest absolute Gasteiger partial charge is 0.360 e. The van der Waals surface area contributed by atoms with Gasteiger partial charge in [0.15, 0.2) is 0 Å². The molecule has 19 heavy (non-hydrogen) atoms. The molecule has 0 saturated carbocycles. The van der Waals surface area contributed by atoms with Gasteiger partial charge in [-0.15, -0.1) is 0 Å². The first-order chi connectivity index (χ1) is 9.15. The molecule has 2 aliphatic rings. The van der Waals surface area contributed by atoms with Gasteiger partial charge in [-0.3, -0.25) is 0 Å². The fraction of sp³-hybridized carbons (Fsp3) is 0.533. The van der Waals surface area contributed by atoms with Gasteiger partial charge >= 0.3 is 0 Å². The summed E-state index contributed by atoms with van der Waals surface area (Å²) < 4.78 is 1.06. The number of nitrogens with two attached hydrogens (primary N) is 1. The molecule has 0 amide bonds. The number of fused-ring (bicyclic) bond motifs is 1. The van der Waals surface area contributed by atoms with Crippen LogP contribution in [0.4, 0.5) is 5.69 Å². The van der Waals surface area contributed by atoms with Crippen LogP contribution in [0.3, 0.4) is 0 Å². The predicted molar refractivity (Wildman–Crippen MR) is 82.9 cm³/mol. The van der Waals surface area contributed by atoms with Crippen molar-refractivity contribution in [2.45, 2.75) is 38.6 Å². The van der Waals surface area contributed by atoms with Gasteiger partial charge in [-0.25, -0.2) is 4.99 Å². The van der Waals surface area contributed by atoms with E-state index in [1.165, 1.54) is 36.2 Å². The number of piperidine rings is 1. The Hall–Kier alpha value is -0.870. The summed E-state index contributed by atoms with van der Waals surface area (Å²) in [7, 11) is 0. The van der Waals surface area contributed by atoms with Gasteiger partial charge in [-0.1, -0.05) is 6.07 Å². The van der Waals surface area contributed by atoms with E-state index in [-0.39, 0.29) is 6.04 Å². The molecule has 0 aromatic heterocycles. The van der Waals surface area contributed by atoms with E-state index in [4.69, 9.17) is 10.7 Å². The Morgan fingerprint density at radius 3 is 2.74 bits per heavy atom. The highest BCUT2D eigenvalue weighted by molar-refractivity contribution is 9.10. The Bertz CT molecular complexity index is 518. The second kappa shape index (κ2) is 5.25. The maximum atomic E-state index is 6.35. The van der Waals surface area contributed by atoms with Crippen molar-refractivity contribution in [2.24, 2.45) is 10.7 Å². The second-order valence-corrected chi connectivity index (χ2v) is 6.43. The van der Waals surface area contributed by atoms with Gasteiger partial charge in [0.2, 0.25) is 0 Å². The molecule has 0 spiro atoms. The number of rotatable bonds is 0. The van der Waals surface area contributed by atoms with Gasteiger partial charge in [0.1, 0.15) is 5.84 Å². The van der Waals surface area contributed by atoms with Gasteiger partial charge in [0.25, 0.3) is 0 Å². The van der Waals surface area contributed by atoms with E-state index in [1.54, 1.807) is 0 Å². The molecule has 0 aliphatic carbocycles. The molecule has 102 valence electrons. The number of hydrogen-bond donors (Lipinski definition) is 1. The number of amidine groups is 1. The number of benzene rings is 1. The molecular formula is C15H20BrN3. The molecule has 1 aromatic rings. The zero-order valence-electron chi connectivity index (χ0n) is 11.3. The molecule has 3 rings (SSSR count). The highest BCUT2D eigenvalue weighted by atomic mass is 79.9. The Balaban J connectivity index is 1.98. The fourth-order valence-corrected chi connectivity index (χ4v) is 3.67. The van der Waals surface area contributed by atoms with Crippen LogP contribution in [0.2, 0.25) is 0 Å². The number of likely N-dealkylation sites (tertiary alicyclic amines) is 1. The van der Waals surface area contributed by atoms with Crippen molar-refractivity contribution in [1.29, 1.82) is 0 Å². The molecule has 2 aliphatic heterocycles. The number of nitrogens with zero attached hydrogens (tertiary/aromatic N) is 2. The Morgan fingerprint density at radius 2 is 2.00 bits per heavy atom. The van der Waals surface area contributed by atoms with Crippen molar-refractivity contribution in [3.05, 3.63) is 27.7 Å². The number of aliphatic imine (C=N–C) groups is 1. The molecule has 4 heteroatoms. The third kappa shape index (κ3) is 2.56. The Kier molecular flexibility index (Phi) is 3.63. The lowest BCUT2D eigenvalue weighted by atomic mass is 9.96. The summed E-state index contributed by atoms with van der Waals surface area (Å²) in [6, 6.07) is 4.36. The summed E-state index contributed by atoms with van der Waals surface area (Å²) in [5, 5.41) is 0. The van der Waals surface area contributed by atoms with Crippen molar-refractivity contribution in [3.63, 3.8) is 0 Å². The predicted octanol–water partition coefficient (Wildman–Crippen LogP) is 3.68. The molecule has 1 fully saturated rings. The summed E-state index contributed by atoms with van der Waals surface area (Å²) >= 11 is 3.63. The minimum absolute atomic E-state index is 0.0700. The van der Waals surface area contributed by atoms with E-state index in [1.807, 2.05) is 0 Å². The first-order valence-corrected chi connectivity index (χ1v) is 7.82. The standard InChI is InChI=1S/C15H20BrN3/c1-10-7-11-13(17)9-14(18-15(11)12(16)8-10)19-5-3-2-4-6-19/h7-8,13H,2-6,9,17H2,1H3. The summed E-state index contributed by atoms with van der Waals surface area (Å²) in [6.07, 6.45) is 4.75. The molecule has 1 saturated heterocycles. The first kappa shape index (κ1) is 13.1. The van der Waals surface area contributed by atoms with Gasteiger partial charge in [-0.05, 0) is 59.3 Å². The molecule has 1 aromatic carbocycles. The zero-order valence-corrected chi connectivity index (χ0v) is 12.9. The molecule has 2 heterocycles. The fourth-order valence-electron chi connectivity index (χ4n) is 3.00. The zero-order chi connectivity index (χ0) is 13.4. The van der Waals surface area contributed by atoms with Crippen molar-refractivity contribution >= 4 is 27.5 Å². The van der Waals surface area contributed by atoms with Crippen molar-refractivity contribution in [2.75, 3.05) is 13.1 Å². The van der Waals surface area contributed by atoms with Crippen LogP contribution in [0.25, 0.3) is 0 Å². The van der Waals surface area contributed by atoms with Crippen LogP contribution < -0.4 is 5.73 Å². The monoisotopic (exact) mass is 321 g/mol. The van der Waals surface area contributed by atoms with Gasteiger partial charge in [0, 0.05) is 30.0 Å². The minimum atomic E-state index is 0.0700. The van der Waals surface area contributed by atoms with Crippen LogP contribution in [0, 0.1) is 6.92 Å². The highest BCUT2D eigenvalue weighted by Crippen LogP contribution is 2.39. The van der Waals surface area contributed by atoms with E-state index in [2.05, 4.69) is 39.9 Å². The molecule has 2 N–H and O–H groups in total. The quantitative estimate of drug-likeness (QED) is 0.792. The van der Waals surface area contributed by atoms with Gasteiger partial charge in [0.05, 0.1) is 5.69 Å². The number of aryl methyl sites for hydroxylation is 1. The average Bonchev–Trinajstić information content (AvgIpc) is 2.41. The lowest BCUT2D eigenvalue weighted by molar-refractivity contribution is 0.333. The van der Waals surface area contributed by atoms with Crippen LogP contribution in [-0.2, 0) is 0 Å². The SMILES string of the molecule is Cc1cc(Br)c2c(c1)C(N)CC(N1CCCCC1)=N2. The maximum Gasteiger partial charge on any atom is 0.107 e. The van der Waals surface area contributed by atoms with Crippen molar-refractivity contribution < 1.29 is 0 Å². The van der Waals surface area contributed by atoms with E-state index in [0.717, 1.165) is 29.7 Å². The molecule has 3 nitrogen and oxygen atoms in total. The van der Waals surface area contributed by atoms with Gasteiger partial charge < -0.3 is 10.6 Å². The van der Waals surface area contributed by atoms with Crippen LogP contribution >= 0.6 is 15.9 Å². The van der Waals surface area contributed by atoms with Crippen LogP contribution in [0.1, 0.15) is 42.9 Å². The Labute approximate surface area is 123 Å². The van der Waals surface area contributed by atoms with E-state index >= 15 is 0 Å². The smallest absolute Gasteiger partial charge is 0.107 e. The maximum absolute atomic E-state index is 6.35. The molecule has 1 atom stereocenters. The van der Waals surface area contributed by atoms with Crippen LogP contribution in [-0.4, -0.2) is 23.8 Å². The summed E-state index contributed by atoms with van der Waals surface area (Å²) in [5.41, 5.74) is 9.79. The lowest BCUT2D eigenvalue weighted by Crippen LogP contribution is -2.38. The van der Waals surface area contributed by atoms with Gasteiger partial charge in [-0.2, -0.15) is 0 Å². The molecule has 0 radical (unpaired) electrons. The average molecular weight is 322 g/mol. The summed E-state index contributed by atoms with van der Waals surface area (Å²) in [6.45, 7) is 4.36. The summed E-state index contributed by atoms with van der Waals surface area (Å²) in [5.74, 6) is 1.17. The number of hydrogen-bond acceptors (Lipinski definition) is 3. The topological polar surface area (TPSA) is 41.6 Å². The third-order valence-corrected chi connectivity index (χ3v) is 4.61. The van der Waals surface area contributed by atoms with E-state index < -0.39 is 0 Å². The van der Waals surface area contributed by atoms with Crippen LogP contribution in [0.5, 0.6) is 0 Å². The highest BCUT2D eigenvalue weighted by Gasteiger charge is 2.25. The minimum Gasteiger partial charge on any atom is -0.360 e. The number of halogens is 1. The Morgan fingerprint density at radius 1 is 1.26 bits per heavy atom. The second-order valence-electron chi connectivity index (χ2n) is 5.57. The normalized spacial score (nSPS) is 23.0. The molecular weight excluding hydrogens is 302 g/mol. The third-order valence-electron chi connectivity index (χ3n) is 4.00. The van der Waals surface area contributed by atoms with E-state index in [9.17, 15) is 0 Å². The van der Waals surface area contributed by atoms with E-state index in [0.29, 0.717) is 0 Å². The summed E-state index contributed by atoms with van der Waals surface area (Å²) in [4.78, 5) is 7.29. The van der Waals surface area contributed by atoms with Crippen LogP contribution in [0.15, 0.2) is 21.6 Å².